The summed E-state index contributed by atoms with van der Waals surface area (Å²) in [5, 5.41) is 15.7. The van der Waals surface area contributed by atoms with Gasteiger partial charge in [-0.15, -0.1) is 0 Å². The monoisotopic (exact) mass is 690 g/mol. The first-order valence-electron chi connectivity index (χ1n) is 13.9. The number of thiazole rings is 1. The third-order valence-electron chi connectivity index (χ3n) is 8.05. The molecule has 230 valence electrons. The van der Waals surface area contributed by atoms with Crippen LogP contribution >= 0.6 is 46.3 Å². The maximum absolute atomic E-state index is 14.1. The van der Waals surface area contributed by atoms with E-state index in [1.165, 1.54) is 28.8 Å². The van der Waals surface area contributed by atoms with Crippen LogP contribution in [0.3, 0.4) is 0 Å². The lowest BCUT2D eigenvalue weighted by Gasteiger charge is -2.31. The summed E-state index contributed by atoms with van der Waals surface area (Å²) >= 11 is 15.0. The Labute approximate surface area is 278 Å². The Morgan fingerprint density at radius 1 is 0.913 bits per heavy atom. The number of nitrogens with zero attached hydrogens (tertiary/aromatic N) is 3. The molecule has 0 spiro atoms. The van der Waals surface area contributed by atoms with Gasteiger partial charge in [0.1, 0.15) is 11.8 Å². The molecule has 1 saturated heterocycles. The summed E-state index contributed by atoms with van der Waals surface area (Å²) in [6.07, 6.45) is 0. The van der Waals surface area contributed by atoms with Crippen molar-refractivity contribution in [3.8, 4) is 0 Å². The predicted octanol–water partition coefficient (Wildman–Crippen LogP) is 6.71. The number of nitro benzene ring substituents is 1. The fourth-order valence-corrected chi connectivity index (χ4v) is 9.19. The maximum Gasteiger partial charge on any atom is 0.308 e. The highest BCUT2D eigenvalue weighted by Crippen LogP contribution is 2.55. The summed E-state index contributed by atoms with van der Waals surface area (Å²) in [5.74, 6) is -3.32. The lowest BCUT2D eigenvalue weighted by Crippen LogP contribution is -2.33. The van der Waals surface area contributed by atoms with Crippen LogP contribution in [0.2, 0.25) is 10.0 Å². The number of hydrogen-bond acceptors (Lipinski definition) is 8. The molecule has 7 rings (SSSR count). The molecule has 1 aromatic heterocycles. The van der Waals surface area contributed by atoms with Gasteiger partial charge in [0.05, 0.1) is 31.6 Å². The number of rotatable bonds is 6. The number of amides is 3. The van der Waals surface area contributed by atoms with Gasteiger partial charge in [-0.3, -0.25) is 33.9 Å². The van der Waals surface area contributed by atoms with Crippen LogP contribution in [-0.2, 0) is 20.9 Å². The molecule has 3 heterocycles. The highest BCUT2D eigenvalue weighted by molar-refractivity contribution is 8.00. The van der Waals surface area contributed by atoms with Crippen LogP contribution in [-0.4, -0.2) is 32.5 Å². The molecule has 0 saturated carbocycles. The van der Waals surface area contributed by atoms with Crippen LogP contribution in [0.4, 0.5) is 17.1 Å². The van der Waals surface area contributed by atoms with Gasteiger partial charge >= 0.3 is 4.87 Å². The number of aromatic nitrogens is 1. The second-order valence-electron chi connectivity index (χ2n) is 10.7. The minimum atomic E-state index is -0.975. The fourth-order valence-electron chi connectivity index (χ4n) is 6.00. The molecule has 1 N–H and O–H groups in total. The number of halogens is 2. The van der Waals surface area contributed by atoms with Crippen molar-refractivity contribution in [2.24, 2.45) is 5.92 Å². The van der Waals surface area contributed by atoms with Gasteiger partial charge in [-0.05, 0) is 35.2 Å². The van der Waals surface area contributed by atoms with Crippen molar-refractivity contribution in [2.45, 2.75) is 22.7 Å². The van der Waals surface area contributed by atoms with E-state index in [0.29, 0.717) is 21.2 Å². The fraction of sp³-hybridized carbons (Fsp3) is 0.125. The first-order chi connectivity index (χ1) is 22.1. The van der Waals surface area contributed by atoms with Crippen LogP contribution in [0.25, 0.3) is 10.8 Å². The first kappa shape index (κ1) is 30.2. The number of non-ortho nitro benzene ring substituents is 1. The van der Waals surface area contributed by atoms with Crippen molar-refractivity contribution in [1.82, 2.24) is 4.57 Å². The molecule has 1 fully saturated rings. The summed E-state index contributed by atoms with van der Waals surface area (Å²) in [4.78, 5) is 66.6. The standard InChI is InChI=1S/C32H20Cl2N4O6S2/c33-21-9-4-8-20(26(21)34)24-25-27(30(41)37(29(25)40)17-11-13-18(14-12-17)38(43)44)45-31-28(24)46-32(42)36(31)15-23(39)35-22-10-3-6-16-5-1-2-7-19(16)22/h1-14,24-25,27H,15H2,(H,35,39)/t24-,25?,27?/m1/s1. The number of benzene rings is 4. The minimum absolute atomic E-state index is 0.181. The largest absolute Gasteiger partial charge is 0.324 e. The molecule has 0 radical (unpaired) electrons. The van der Waals surface area contributed by atoms with E-state index in [4.69, 9.17) is 23.2 Å². The molecule has 4 aromatic carbocycles. The van der Waals surface area contributed by atoms with Crippen LogP contribution < -0.4 is 15.1 Å². The third kappa shape index (κ3) is 4.98. The summed E-state index contributed by atoms with van der Waals surface area (Å²) in [7, 11) is 0. The topological polar surface area (TPSA) is 132 Å². The number of anilines is 2. The summed E-state index contributed by atoms with van der Waals surface area (Å²) < 4.78 is 1.32. The van der Waals surface area contributed by atoms with E-state index in [2.05, 4.69) is 5.32 Å². The molecular formula is C32H20Cl2N4O6S2. The quantitative estimate of drug-likeness (QED) is 0.119. The van der Waals surface area contributed by atoms with E-state index in [-0.39, 0.29) is 28.0 Å². The van der Waals surface area contributed by atoms with Gasteiger partial charge in [-0.1, -0.05) is 94.8 Å². The number of imide groups is 1. The third-order valence-corrected chi connectivity index (χ3v) is 11.5. The van der Waals surface area contributed by atoms with Crippen LogP contribution in [0.5, 0.6) is 0 Å². The zero-order valence-electron chi connectivity index (χ0n) is 23.4. The molecular weight excluding hydrogens is 671 g/mol. The summed E-state index contributed by atoms with van der Waals surface area (Å²) in [6, 6.07) is 23.2. The van der Waals surface area contributed by atoms with Crippen LogP contribution in [0, 0.1) is 16.0 Å². The van der Waals surface area contributed by atoms with E-state index >= 15 is 0 Å². The van der Waals surface area contributed by atoms with E-state index in [1.54, 1.807) is 24.3 Å². The average molecular weight is 692 g/mol. The number of nitro groups is 1. The Hall–Kier alpha value is -4.49. The SMILES string of the molecule is O=C(Cn1c2c(sc1=O)[C@H](c1cccc(Cl)c1Cl)C1C(=O)N(c3ccc([N+](=O)[O-])cc3)C(=O)C1S2)Nc1cccc2ccccc12. The Kier molecular flexibility index (Phi) is 7.68. The molecule has 2 aliphatic heterocycles. The zero-order chi connectivity index (χ0) is 32.3. The number of nitrogens with one attached hydrogen (secondary N) is 1. The molecule has 2 unspecified atom stereocenters. The smallest absolute Gasteiger partial charge is 0.308 e. The van der Waals surface area contributed by atoms with E-state index in [0.717, 1.165) is 38.8 Å². The van der Waals surface area contributed by atoms with Gasteiger partial charge in [0.25, 0.3) is 5.69 Å². The van der Waals surface area contributed by atoms with Gasteiger partial charge in [0, 0.05) is 34.0 Å². The molecule has 46 heavy (non-hydrogen) atoms. The zero-order valence-corrected chi connectivity index (χ0v) is 26.5. The first-order valence-corrected chi connectivity index (χ1v) is 16.3. The number of carbonyl (C=O) groups excluding carboxylic acids is 3. The highest BCUT2D eigenvalue weighted by atomic mass is 35.5. The summed E-state index contributed by atoms with van der Waals surface area (Å²) in [6.45, 7) is -0.331. The lowest BCUT2D eigenvalue weighted by molar-refractivity contribution is -0.384. The minimum Gasteiger partial charge on any atom is -0.324 e. The molecule has 10 nitrogen and oxygen atoms in total. The number of hydrogen-bond donors (Lipinski definition) is 1. The highest BCUT2D eigenvalue weighted by Gasteiger charge is 2.57. The Morgan fingerprint density at radius 3 is 2.39 bits per heavy atom. The molecule has 3 amide bonds. The maximum atomic E-state index is 14.1. The van der Waals surface area contributed by atoms with Crippen molar-refractivity contribution >= 4 is 91.9 Å². The van der Waals surface area contributed by atoms with Gasteiger partial charge in [-0.25, -0.2) is 4.90 Å². The van der Waals surface area contributed by atoms with Gasteiger partial charge < -0.3 is 5.32 Å². The second kappa shape index (κ2) is 11.7. The number of carbonyl (C=O) groups is 3. The van der Waals surface area contributed by atoms with Crippen molar-refractivity contribution in [3.63, 3.8) is 0 Å². The average Bonchev–Trinajstić information content (AvgIpc) is 3.49. The van der Waals surface area contributed by atoms with Crippen molar-refractivity contribution in [1.29, 1.82) is 0 Å². The number of fused-ring (bicyclic) bond motifs is 3. The van der Waals surface area contributed by atoms with Gasteiger partial charge in [0.2, 0.25) is 17.7 Å². The Bertz CT molecular complexity index is 2160. The molecule has 2 aliphatic rings. The Balaban J connectivity index is 1.29. The van der Waals surface area contributed by atoms with E-state index in [1.807, 2.05) is 36.4 Å². The van der Waals surface area contributed by atoms with Gasteiger partial charge in [-0.2, -0.15) is 0 Å². The lowest BCUT2D eigenvalue weighted by atomic mass is 9.83. The molecule has 3 atom stereocenters. The summed E-state index contributed by atoms with van der Waals surface area (Å²) in [5.41, 5.74) is 1.05. The Morgan fingerprint density at radius 2 is 1.63 bits per heavy atom. The van der Waals surface area contributed by atoms with Gasteiger partial charge in [0.15, 0.2) is 0 Å². The van der Waals surface area contributed by atoms with Crippen molar-refractivity contribution in [2.75, 3.05) is 10.2 Å². The normalized spacial score (nSPS) is 18.8. The second-order valence-corrected chi connectivity index (χ2v) is 13.6. The molecule has 14 heteroatoms. The molecule has 0 aliphatic carbocycles. The molecule has 0 bridgehead atoms. The van der Waals surface area contributed by atoms with Crippen LogP contribution in [0.1, 0.15) is 16.4 Å². The molecule has 5 aromatic rings. The van der Waals surface area contributed by atoms with E-state index < -0.39 is 44.6 Å². The van der Waals surface area contributed by atoms with Crippen molar-refractivity contribution < 1.29 is 19.3 Å². The number of thioether (sulfide) groups is 1. The van der Waals surface area contributed by atoms with Crippen LogP contribution in [0.15, 0.2) is 94.7 Å². The van der Waals surface area contributed by atoms with E-state index in [9.17, 15) is 29.3 Å². The predicted molar refractivity (Wildman–Crippen MR) is 178 cm³/mol. The van der Waals surface area contributed by atoms with Crippen molar-refractivity contribution in [3.05, 3.63) is 125 Å².